The number of hydrogen-bond acceptors (Lipinski definition) is 3. The zero-order valence-corrected chi connectivity index (χ0v) is 12.8. The minimum absolute atomic E-state index is 0.142. The summed E-state index contributed by atoms with van der Waals surface area (Å²) in [5.41, 5.74) is 7.49. The Kier molecular flexibility index (Phi) is 5.09. The highest BCUT2D eigenvalue weighted by atomic mass is 79.9. The summed E-state index contributed by atoms with van der Waals surface area (Å²) in [7, 11) is 0. The van der Waals surface area contributed by atoms with Crippen LogP contribution in [-0.2, 0) is 13.0 Å². The molecule has 2 aromatic rings. The maximum Gasteiger partial charge on any atom is 0.219 e. The van der Waals surface area contributed by atoms with Crippen LogP contribution in [-0.4, -0.2) is 4.98 Å². The number of aryl methyl sites for hydroxylation is 1. The van der Waals surface area contributed by atoms with Gasteiger partial charge in [0.15, 0.2) is 11.6 Å². The van der Waals surface area contributed by atoms with E-state index in [0.717, 1.165) is 28.6 Å². The molecule has 1 aromatic carbocycles. The van der Waals surface area contributed by atoms with E-state index in [4.69, 9.17) is 10.5 Å². The third kappa shape index (κ3) is 3.77. The van der Waals surface area contributed by atoms with Gasteiger partial charge in [0.2, 0.25) is 5.88 Å². The Morgan fingerprint density at radius 1 is 1.30 bits per heavy atom. The Bertz CT molecular complexity index is 604. The third-order valence-corrected chi connectivity index (χ3v) is 3.26. The second kappa shape index (κ2) is 6.81. The quantitative estimate of drug-likeness (QED) is 0.889. The van der Waals surface area contributed by atoms with E-state index in [1.807, 2.05) is 6.07 Å². The van der Waals surface area contributed by atoms with Gasteiger partial charge >= 0.3 is 0 Å². The maximum atomic E-state index is 13.7. The summed E-state index contributed by atoms with van der Waals surface area (Å²) >= 11 is 3.29. The molecule has 0 saturated carbocycles. The van der Waals surface area contributed by atoms with Gasteiger partial charge in [-0.3, -0.25) is 0 Å². The zero-order chi connectivity index (χ0) is 14.5. The molecule has 20 heavy (non-hydrogen) atoms. The van der Waals surface area contributed by atoms with Crippen LogP contribution in [0.3, 0.4) is 0 Å². The molecule has 0 fully saturated rings. The molecule has 0 amide bonds. The molecule has 0 bridgehead atoms. The summed E-state index contributed by atoms with van der Waals surface area (Å²) in [6.07, 6.45) is 1.82. The normalized spacial score (nSPS) is 10.6. The molecule has 2 N–H and O–H groups in total. The zero-order valence-electron chi connectivity index (χ0n) is 11.2. The summed E-state index contributed by atoms with van der Waals surface area (Å²) in [5.74, 6) is 0.0853. The predicted molar refractivity (Wildman–Crippen MR) is 80.3 cm³/mol. The van der Waals surface area contributed by atoms with Gasteiger partial charge < -0.3 is 10.5 Å². The lowest BCUT2D eigenvalue weighted by Crippen LogP contribution is -2.01. The Morgan fingerprint density at radius 2 is 2.10 bits per heavy atom. The van der Waals surface area contributed by atoms with Gasteiger partial charge in [-0.05, 0) is 36.2 Å². The first-order chi connectivity index (χ1) is 9.62. The molecule has 0 aliphatic rings. The number of nitrogens with two attached hydrogens (primary N) is 1. The van der Waals surface area contributed by atoms with Crippen LogP contribution in [0.5, 0.6) is 11.6 Å². The van der Waals surface area contributed by atoms with Crippen LogP contribution in [0, 0.1) is 5.82 Å². The van der Waals surface area contributed by atoms with E-state index in [0.29, 0.717) is 12.4 Å². The van der Waals surface area contributed by atoms with Crippen molar-refractivity contribution in [3.8, 4) is 11.6 Å². The van der Waals surface area contributed by atoms with Crippen molar-refractivity contribution >= 4 is 15.9 Å². The predicted octanol–water partition coefficient (Wildman–Crippen LogP) is 4.19. The number of ether oxygens (including phenoxy) is 1. The molecule has 0 radical (unpaired) electrons. The number of rotatable bonds is 5. The largest absolute Gasteiger partial charge is 0.436 e. The van der Waals surface area contributed by atoms with E-state index in [1.54, 1.807) is 18.2 Å². The van der Waals surface area contributed by atoms with Crippen molar-refractivity contribution in [2.75, 3.05) is 0 Å². The van der Waals surface area contributed by atoms with Crippen LogP contribution in [0.15, 0.2) is 34.8 Å². The molecule has 5 heteroatoms. The average molecular weight is 339 g/mol. The van der Waals surface area contributed by atoms with E-state index in [1.165, 1.54) is 6.07 Å². The van der Waals surface area contributed by atoms with Gasteiger partial charge in [0.05, 0.1) is 0 Å². The average Bonchev–Trinajstić information content (AvgIpc) is 2.43. The highest BCUT2D eigenvalue weighted by Crippen LogP contribution is 2.27. The monoisotopic (exact) mass is 338 g/mol. The van der Waals surface area contributed by atoms with Crippen molar-refractivity contribution in [3.05, 3.63) is 51.9 Å². The van der Waals surface area contributed by atoms with Crippen molar-refractivity contribution in [1.82, 2.24) is 4.98 Å². The second-order valence-corrected chi connectivity index (χ2v) is 5.35. The molecule has 1 aromatic heterocycles. The summed E-state index contributed by atoms with van der Waals surface area (Å²) in [5, 5.41) is 0. The highest BCUT2D eigenvalue weighted by Gasteiger charge is 2.08. The maximum absolute atomic E-state index is 13.7. The molecule has 0 saturated heterocycles. The lowest BCUT2D eigenvalue weighted by molar-refractivity contribution is 0.425. The van der Waals surface area contributed by atoms with Crippen molar-refractivity contribution < 1.29 is 9.13 Å². The van der Waals surface area contributed by atoms with Gasteiger partial charge in [-0.2, -0.15) is 0 Å². The Balaban J connectivity index is 2.32. The summed E-state index contributed by atoms with van der Waals surface area (Å²) < 4.78 is 20.0. The molecule has 106 valence electrons. The van der Waals surface area contributed by atoms with Gasteiger partial charge in [-0.25, -0.2) is 9.37 Å². The molecular formula is C15H16BrFN2O. The Hall–Kier alpha value is -1.46. The van der Waals surface area contributed by atoms with Crippen LogP contribution in [0.4, 0.5) is 4.39 Å². The first kappa shape index (κ1) is 14.9. The smallest absolute Gasteiger partial charge is 0.219 e. The Labute approximate surface area is 126 Å². The van der Waals surface area contributed by atoms with Crippen LogP contribution < -0.4 is 10.5 Å². The molecule has 0 aliphatic carbocycles. The SMILES string of the molecule is CCCc1cc(CN)cc(Oc2cc(Br)ccc2F)n1. The lowest BCUT2D eigenvalue weighted by atomic mass is 10.1. The van der Waals surface area contributed by atoms with Crippen molar-refractivity contribution in [3.63, 3.8) is 0 Å². The fraction of sp³-hybridized carbons (Fsp3) is 0.267. The fourth-order valence-corrected chi connectivity index (χ4v) is 2.18. The van der Waals surface area contributed by atoms with Crippen LogP contribution in [0.1, 0.15) is 24.6 Å². The number of benzene rings is 1. The molecule has 3 nitrogen and oxygen atoms in total. The van der Waals surface area contributed by atoms with Gasteiger partial charge in [-0.1, -0.05) is 29.3 Å². The number of pyridine rings is 1. The van der Waals surface area contributed by atoms with Crippen LogP contribution in [0.2, 0.25) is 0 Å². The third-order valence-electron chi connectivity index (χ3n) is 2.76. The van der Waals surface area contributed by atoms with Gasteiger partial charge in [0.1, 0.15) is 0 Å². The summed E-state index contributed by atoms with van der Waals surface area (Å²) in [6.45, 7) is 2.47. The van der Waals surface area contributed by atoms with Gasteiger partial charge in [-0.15, -0.1) is 0 Å². The van der Waals surface area contributed by atoms with E-state index in [2.05, 4.69) is 27.8 Å². The minimum atomic E-state index is -0.426. The number of hydrogen-bond donors (Lipinski definition) is 1. The molecule has 0 unspecified atom stereocenters. The standard InChI is InChI=1S/C15H16BrFN2O/c1-2-3-12-6-10(9-18)7-15(19-12)20-14-8-11(16)4-5-13(14)17/h4-8H,2-3,9,18H2,1H3. The van der Waals surface area contributed by atoms with Crippen molar-refractivity contribution in [1.29, 1.82) is 0 Å². The molecule has 2 rings (SSSR count). The molecule has 0 aliphatic heterocycles. The van der Waals surface area contributed by atoms with Crippen LogP contribution >= 0.6 is 15.9 Å². The molecular weight excluding hydrogens is 323 g/mol. The first-order valence-electron chi connectivity index (χ1n) is 6.45. The molecule has 0 atom stereocenters. The minimum Gasteiger partial charge on any atom is -0.436 e. The van der Waals surface area contributed by atoms with Gasteiger partial charge in [0, 0.05) is 22.8 Å². The van der Waals surface area contributed by atoms with Crippen molar-refractivity contribution in [2.45, 2.75) is 26.3 Å². The topological polar surface area (TPSA) is 48.1 Å². The number of aromatic nitrogens is 1. The number of nitrogens with zero attached hydrogens (tertiary/aromatic N) is 1. The summed E-state index contributed by atoms with van der Waals surface area (Å²) in [6, 6.07) is 8.23. The van der Waals surface area contributed by atoms with Crippen LogP contribution in [0.25, 0.3) is 0 Å². The lowest BCUT2D eigenvalue weighted by Gasteiger charge is -2.10. The molecule has 0 spiro atoms. The Morgan fingerprint density at radius 3 is 2.80 bits per heavy atom. The second-order valence-electron chi connectivity index (χ2n) is 4.44. The van der Waals surface area contributed by atoms with E-state index in [9.17, 15) is 4.39 Å². The van der Waals surface area contributed by atoms with Crippen molar-refractivity contribution in [2.24, 2.45) is 5.73 Å². The number of halogens is 2. The molecule has 1 heterocycles. The first-order valence-corrected chi connectivity index (χ1v) is 7.24. The van der Waals surface area contributed by atoms with Gasteiger partial charge in [0.25, 0.3) is 0 Å². The van der Waals surface area contributed by atoms with E-state index < -0.39 is 5.82 Å². The fourth-order valence-electron chi connectivity index (χ4n) is 1.84. The van der Waals surface area contributed by atoms with E-state index in [-0.39, 0.29) is 5.75 Å². The summed E-state index contributed by atoms with van der Waals surface area (Å²) in [4.78, 5) is 4.38. The highest BCUT2D eigenvalue weighted by molar-refractivity contribution is 9.10. The van der Waals surface area contributed by atoms with E-state index >= 15 is 0 Å².